The number of halogens is 2. The van der Waals surface area contributed by atoms with E-state index in [-0.39, 0.29) is 11.8 Å². The highest BCUT2D eigenvalue weighted by Gasteiger charge is 2.27. The van der Waals surface area contributed by atoms with E-state index in [1.54, 1.807) is 6.92 Å². The lowest BCUT2D eigenvalue weighted by atomic mass is 10.2. The summed E-state index contributed by atoms with van der Waals surface area (Å²) in [6.45, 7) is 5.68. The number of hydrogen-bond donors (Lipinski definition) is 1. The number of carbonyl (C=O) groups is 1. The second kappa shape index (κ2) is 9.92. The number of hydrogen-bond acceptors (Lipinski definition) is 7. The monoisotopic (exact) mass is 453 g/mol. The number of morpholine rings is 1. The van der Waals surface area contributed by atoms with Crippen LogP contribution in [-0.4, -0.2) is 64.9 Å². The van der Waals surface area contributed by atoms with Gasteiger partial charge in [-0.05, 0) is 31.9 Å². The van der Waals surface area contributed by atoms with Crippen LogP contribution in [0.3, 0.4) is 0 Å². The lowest BCUT2D eigenvalue weighted by Crippen LogP contribution is -2.38. The number of ether oxygens (including phenoxy) is 2. The zero-order valence-corrected chi connectivity index (χ0v) is 18.0. The second-order valence-electron chi connectivity index (χ2n) is 7.50. The molecular weight excluding hydrogens is 428 g/mol. The van der Waals surface area contributed by atoms with Gasteiger partial charge >= 0.3 is 0 Å². The fourth-order valence-electron chi connectivity index (χ4n) is 3.56. The Balaban J connectivity index is 1.50. The Morgan fingerprint density at radius 3 is 2.84 bits per heavy atom. The summed E-state index contributed by atoms with van der Waals surface area (Å²) < 4.78 is 40.5. The number of anilines is 2. The van der Waals surface area contributed by atoms with Crippen LogP contribution in [0.15, 0.2) is 23.4 Å². The molecule has 2 aliphatic rings. The first-order valence-electron chi connectivity index (χ1n) is 10.3. The Morgan fingerprint density at radius 1 is 1.29 bits per heavy atom. The third kappa shape index (κ3) is 5.34. The van der Waals surface area contributed by atoms with Crippen LogP contribution in [0.5, 0.6) is 0 Å². The van der Waals surface area contributed by atoms with Gasteiger partial charge in [0.1, 0.15) is 11.6 Å². The van der Waals surface area contributed by atoms with Gasteiger partial charge < -0.3 is 19.7 Å². The zero-order valence-electron chi connectivity index (χ0n) is 17.2. The van der Waals surface area contributed by atoms with Crippen molar-refractivity contribution >= 4 is 29.3 Å². The summed E-state index contributed by atoms with van der Waals surface area (Å²) in [5.74, 6) is -1.04. The molecule has 2 atom stereocenters. The molecule has 1 aromatic carbocycles. The van der Waals surface area contributed by atoms with Crippen LogP contribution >= 0.6 is 11.8 Å². The van der Waals surface area contributed by atoms with Gasteiger partial charge in [0, 0.05) is 25.8 Å². The van der Waals surface area contributed by atoms with Crippen LogP contribution < -0.4 is 10.2 Å². The fraction of sp³-hybridized carbons (Fsp3) is 0.550. The molecule has 1 N–H and O–H groups in total. The summed E-state index contributed by atoms with van der Waals surface area (Å²) in [5.41, 5.74) is -0.188. The van der Waals surface area contributed by atoms with Gasteiger partial charge in [-0.15, -0.1) is 10.2 Å². The SMILES string of the molecule is CC(Sc1nnc(N2CCOCC2)n1CC1CCCO1)C(=O)Nc1cc(F)ccc1F. The molecule has 168 valence electrons. The highest BCUT2D eigenvalue weighted by Crippen LogP contribution is 2.29. The van der Waals surface area contributed by atoms with Crippen molar-refractivity contribution in [1.29, 1.82) is 0 Å². The topological polar surface area (TPSA) is 81.5 Å². The van der Waals surface area contributed by atoms with E-state index in [1.165, 1.54) is 11.8 Å². The van der Waals surface area contributed by atoms with E-state index in [2.05, 4.69) is 20.4 Å². The van der Waals surface area contributed by atoms with Gasteiger partial charge in [0.25, 0.3) is 0 Å². The molecule has 0 saturated carbocycles. The molecule has 3 heterocycles. The van der Waals surface area contributed by atoms with Crippen molar-refractivity contribution in [3.05, 3.63) is 29.8 Å². The van der Waals surface area contributed by atoms with Crippen molar-refractivity contribution in [2.45, 2.75) is 42.8 Å². The highest BCUT2D eigenvalue weighted by molar-refractivity contribution is 8.00. The third-order valence-electron chi connectivity index (χ3n) is 5.24. The fourth-order valence-corrected chi connectivity index (χ4v) is 4.41. The Morgan fingerprint density at radius 2 is 2.10 bits per heavy atom. The Labute approximate surface area is 183 Å². The number of amides is 1. The summed E-state index contributed by atoms with van der Waals surface area (Å²) in [7, 11) is 0. The van der Waals surface area contributed by atoms with E-state index in [4.69, 9.17) is 9.47 Å². The van der Waals surface area contributed by atoms with Crippen LogP contribution in [0.2, 0.25) is 0 Å². The summed E-state index contributed by atoms with van der Waals surface area (Å²) >= 11 is 1.22. The second-order valence-corrected chi connectivity index (χ2v) is 8.81. The number of nitrogens with one attached hydrogen (secondary N) is 1. The lowest BCUT2D eigenvalue weighted by molar-refractivity contribution is -0.115. The van der Waals surface area contributed by atoms with E-state index in [9.17, 15) is 13.6 Å². The normalized spacial score (nSPS) is 20.1. The minimum atomic E-state index is -0.692. The van der Waals surface area contributed by atoms with Crippen molar-refractivity contribution in [2.24, 2.45) is 0 Å². The third-order valence-corrected chi connectivity index (χ3v) is 6.32. The maximum absolute atomic E-state index is 13.9. The van der Waals surface area contributed by atoms with Crippen LogP contribution in [0, 0.1) is 11.6 Å². The molecule has 0 radical (unpaired) electrons. The minimum Gasteiger partial charge on any atom is -0.378 e. The van der Waals surface area contributed by atoms with Crippen molar-refractivity contribution in [2.75, 3.05) is 43.1 Å². The first kappa shape index (κ1) is 22.0. The first-order chi connectivity index (χ1) is 15.0. The largest absolute Gasteiger partial charge is 0.378 e. The minimum absolute atomic E-state index is 0.0701. The Bertz CT molecular complexity index is 916. The van der Waals surface area contributed by atoms with E-state index in [0.717, 1.165) is 43.6 Å². The molecule has 0 aliphatic carbocycles. The van der Waals surface area contributed by atoms with Crippen LogP contribution in [0.4, 0.5) is 20.4 Å². The molecule has 8 nitrogen and oxygen atoms in total. The van der Waals surface area contributed by atoms with Crippen LogP contribution in [0.25, 0.3) is 0 Å². The molecule has 2 saturated heterocycles. The predicted octanol–water partition coefficient (Wildman–Crippen LogP) is 2.69. The van der Waals surface area contributed by atoms with Gasteiger partial charge in [0.2, 0.25) is 11.9 Å². The van der Waals surface area contributed by atoms with Gasteiger partial charge in [-0.2, -0.15) is 0 Å². The van der Waals surface area contributed by atoms with Gasteiger partial charge in [-0.25, -0.2) is 8.78 Å². The summed E-state index contributed by atoms with van der Waals surface area (Å²) in [4.78, 5) is 14.7. The molecule has 4 rings (SSSR count). The Hall–Kier alpha value is -2.24. The Kier molecular flexibility index (Phi) is 7.03. The van der Waals surface area contributed by atoms with Gasteiger partial charge in [-0.3, -0.25) is 9.36 Å². The molecule has 0 bridgehead atoms. The first-order valence-corrected chi connectivity index (χ1v) is 11.2. The predicted molar refractivity (Wildman–Crippen MR) is 112 cm³/mol. The maximum atomic E-state index is 13.9. The van der Waals surface area contributed by atoms with Crippen LogP contribution in [-0.2, 0) is 20.8 Å². The molecular formula is C20H25F2N5O3S. The van der Waals surface area contributed by atoms with Crippen molar-refractivity contribution in [1.82, 2.24) is 14.8 Å². The lowest BCUT2D eigenvalue weighted by Gasteiger charge is -2.28. The zero-order chi connectivity index (χ0) is 21.8. The molecule has 1 aromatic heterocycles. The number of benzene rings is 1. The summed E-state index contributed by atoms with van der Waals surface area (Å²) in [5, 5.41) is 11.1. The van der Waals surface area contributed by atoms with E-state index >= 15 is 0 Å². The molecule has 2 aliphatic heterocycles. The van der Waals surface area contributed by atoms with E-state index in [1.807, 2.05) is 4.57 Å². The van der Waals surface area contributed by atoms with Crippen molar-refractivity contribution < 1.29 is 23.0 Å². The molecule has 2 aromatic rings. The number of nitrogens with zero attached hydrogens (tertiary/aromatic N) is 4. The molecule has 2 fully saturated rings. The maximum Gasteiger partial charge on any atom is 0.237 e. The van der Waals surface area contributed by atoms with Crippen molar-refractivity contribution in [3.63, 3.8) is 0 Å². The average Bonchev–Trinajstić information content (AvgIpc) is 3.42. The highest BCUT2D eigenvalue weighted by atomic mass is 32.2. The van der Waals surface area contributed by atoms with E-state index in [0.29, 0.717) is 38.0 Å². The molecule has 11 heteroatoms. The number of thioether (sulfide) groups is 1. The summed E-state index contributed by atoms with van der Waals surface area (Å²) in [6.07, 6.45) is 2.04. The van der Waals surface area contributed by atoms with E-state index < -0.39 is 22.8 Å². The smallest absolute Gasteiger partial charge is 0.237 e. The van der Waals surface area contributed by atoms with Crippen molar-refractivity contribution in [3.8, 4) is 0 Å². The molecule has 31 heavy (non-hydrogen) atoms. The number of carbonyl (C=O) groups excluding carboxylic acids is 1. The quantitative estimate of drug-likeness (QED) is 0.646. The van der Waals surface area contributed by atoms with Gasteiger partial charge in [0.05, 0.1) is 36.8 Å². The molecule has 1 amide bonds. The number of aromatic nitrogens is 3. The number of rotatable bonds is 7. The summed E-state index contributed by atoms with van der Waals surface area (Å²) in [6, 6.07) is 2.95. The standard InChI is InChI=1S/C20H25F2N5O3S/c1-13(18(28)23-17-11-14(21)4-5-16(17)22)31-20-25-24-19(26-6-9-29-10-7-26)27(20)12-15-3-2-8-30-15/h4-5,11,13,15H,2-3,6-10,12H2,1H3,(H,23,28). The molecule has 0 spiro atoms. The average molecular weight is 454 g/mol. The van der Waals surface area contributed by atoms with Crippen LogP contribution in [0.1, 0.15) is 19.8 Å². The van der Waals surface area contributed by atoms with Gasteiger partial charge in [0.15, 0.2) is 5.16 Å². The van der Waals surface area contributed by atoms with Gasteiger partial charge in [-0.1, -0.05) is 11.8 Å². The molecule has 2 unspecified atom stereocenters.